The lowest BCUT2D eigenvalue weighted by molar-refractivity contribution is 0.0874. The van der Waals surface area contributed by atoms with Gasteiger partial charge in [0.15, 0.2) is 5.82 Å². The molecule has 5 nitrogen and oxygen atoms in total. The van der Waals surface area contributed by atoms with Crippen LogP contribution in [0.2, 0.25) is 0 Å². The van der Waals surface area contributed by atoms with Crippen molar-refractivity contribution in [3.63, 3.8) is 0 Å². The predicted octanol–water partition coefficient (Wildman–Crippen LogP) is 0.599. The lowest BCUT2D eigenvalue weighted by atomic mass is 10.1. The lowest BCUT2D eigenvalue weighted by Gasteiger charge is -2.28. The maximum absolute atomic E-state index is 9.76. The topological polar surface area (TPSA) is 67.3 Å². The van der Waals surface area contributed by atoms with Crippen LogP contribution in [-0.4, -0.2) is 33.6 Å². The van der Waals surface area contributed by atoms with E-state index in [2.05, 4.69) is 5.10 Å². The Morgan fingerprint density at radius 2 is 2.20 bits per heavy atom. The van der Waals surface area contributed by atoms with Gasteiger partial charge in [0.2, 0.25) is 0 Å². The molecular formula is C10H20N4O. The van der Waals surface area contributed by atoms with Crippen LogP contribution in [0.1, 0.15) is 20.8 Å². The summed E-state index contributed by atoms with van der Waals surface area (Å²) in [6.07, 6.45) is 1.77. The molecule has 0 saturated heterocycles. The quantitative estimate of drug-likeness (QED) is 0.767. The van der Waals surface area contributed by atoms with Gasteiger partial charge in [-0.05, 0) is 20.8 Å². The van der Waals surface area contributed by atoms with Crippen molar-refractivity contribution in [1.29, 1.82) is 0 Å². The SMILES string of the molecule is CCN(CC(C)(C)O)c1nn(C)cc1N. The second-order valence-electron chi connectivity index (χ2n) is 4.41. The molecule has 0 aliphatic rings. The highest BCUT2D eigenvalue weighted by Gasteiger charge is 2.20. The van der Waals surface area contributed by atoms with Gasteiger partial charge in [-0.1, -0.05) is 0 Å². The van der Waals surface area contributed by atoms with Crippen LogP contribution in [0.5, 0.6) is 0 Å². The van der Waals surface area contributed by atoms with Gasteiger partial charge >= 0.3 is 0 Å². The maximum atomic E-state index is 9.76. The Labute approximate surface area is 90.5 Å². The summed E-state index contributed by atoms with van der Waals surface area (Å²) < 4.78 is 1.68. The van der Waals surface area contributed by atoms with Crippen molar-refractivity contribution in [2.75, 3.05) is 23.7 Å². The Morgan fingerprint density at radius 3 is 2.53 bits per heavy atom. The maximum Gasteiger partial charge on any atom is 0.173 e. The molecule has 5 heteroatoms. The molecule has 0 unspecified atom stereocenters. The van der Waals surface area contributed by atoms with Gasteiger partial charge < -0.3 is 15.7 Å². The molecule has 0 aromatic carbocycles. The molecular weight excluding hydrogens is 192 g/mol. The average Bonchev–Trinajstić information content (AvgIpc) is 2.39. The van der Waals surface area contributed by atoms with E-state index in [-0.39, 0.29) is 0 Å². The highest BCUT2D eigenvalue weighted by atomic mass is 16.3. The van der Waals surface area contributed by atoms with E-state index >= 15 is 0 Å². The van der Waals surface area contributed by atoms with Crippen molar-refractivity contribution >= 4 is 11.5 Å². The van der Waals surface area contributed by atoms with Gasteiger partial charge in [0, 0.05) is 26.3 Å². The molecule has 0 spiro atoms. The van der Waals surface area contributed by atoms with E-state index in [1.807, 2.05) is 18.9 Å². The summed E-state index contributed by atoms with van der Waals surface area (Å²) in [5.74, 6) is 0.738. The standard InChI is InChI=1S/C10H20N4O/c1-5-14(7-10(2,3)15)9-8(11)6-13(4)12-9/h6,15H,5,7,11H2,1-4H3. The lowest BCUT2D eigenvalue weighted by Crippen LogP contribution is -2.39. The normalized spacial score (nSPS) is 11.8. The molecule has 1 heterocycles. The molecule has 1 aromatic heterocycles. The Balaban J connectivity index is 2.88. The zero-order valence-electron chi connectivity index (χ0n) is 9.86. The fourth-order valence-corrected chi connectivity index (χ4v) is 1.54. The zero-order chi connectivity index (χ0) is 11.6. The first kappa shape index (κ1) is 11.8. The highest BCUT2D eigenvalue weighted by molar-refractivity contribution is 5.61. The van der Waals surface area contributed by atoms with Gasteiger partial charge in [-0.15, -0.1) is 0 Å². The number of nitrogens with two attached hydrogens (primary N) is 1. The van der Waals surface area contributed by atoms with Crippen LogP contribution in [0.4, 0.5) is 11.5 Å². The number of anilines is 2. The van der Waals surface area contributed by atoms with Gasteiger partial charge in [0.25, 0.3) is 0 Å². The first-order valence-electron chi connectivity index (χ1n) is 5.10. The van der Waals surface area contributed by atoms with Crippen molar-refractivity contribution in [2.24, 2.45) is 7.05 Å². The third-order valence-electron chi connectivity index (χ3n) is 2.10. The second-order valence-corrected chi connectivity index (χ2v) is 4.41. The monoisotopic (exact) mass is 212 g/mol. The molecule has 15 heavy (non-hydrogen) atoms. The Bertz CT molecular complexity index is 327. The van der Waals surface area contributed by atoms with Crippen LogP contribution >= 0.6 is 0 Å². The zero-order valence-corrected chi connectivity index (χ0v) is 9.86. The molecule has 0 aliphatic heterocycles. The molecule has 0 aliphatic carbocycles. The minimum atomic E-state index is -0.750. The third-order valence-corrected chi connectivity index (χ3v) is 2.10. The number of nitrogens with zero attached hydrogens (tertiary/aromatic N) is 3. The van der Waals surface area contributed by atoms with E-state index in [0.29, 0.717) is 12.2 Å². The van der Waals surface area contributed by atoms with E-state index in [9.17, 15) is 5.11 Å². The summed E-state index contributed by atoms with van der Waals surface area (Å²) in [5.41, 5.74) is 5.72. The summed E-state index contributed by atoms with van der Waals surface area (Å²) in [6.45, 7) is 6.85. The fourth-order valence-electron chi connectivity index (χ4n) is 1.54. The minimum absolute atomic E-state index is 0.519. The van der Waals surface area contributed by atoms with Crippen LogP contribution in [0.3, 0.4) is 0 Å². The Kier molecular flexibility index (Phi) is 3.24. The number of aryl methyl sites for hydroxylation is 1. The molecule has 0 saturated carbocycles. The first-order valence-corrected chi connectivity index (χ1v) is 5.10. The summed E-state index contributed by atoms with van der Waals surface area (Å²) >= 11 is 0. The van der Waals surface area contributed by atoms with Gasteiger partial charge in [0.05, 0.1) is 11.3 Å². The van der Waals surface area contributed by atoms with Gasteiger partial charge in [0.1, 0.15) is 0 Å². The van der Waals surface area contributed by atoms with E-state index in [4.69, 9.17) is 5.73 Å². The van der Waals surface area contributed by atoms with Crippen molar-refractivity contribution in [3.05, 3.63) is 6.20 Å². The van der Waals surface area contributed by atoms with E-state index in [1.54, 1.807) is 24.7 Å². The van der Waals surface area contributed by atoms with E-state index < -0.39 is 5.60 Å². The number of likely N-dealkylation sites (N-methyl/N-ethyl adjacent to an activating group) is 1. The molecule has 0 bridgehead atoms. The van der Waals surface area contributed by atoms with Crippen LogP contribution in [0, 0.1) is 0 Å². The molecule has 0 atom stereocenters. The molecule has 3 N–H and O–H groups in total. The van der Waals surface area contributed by atoms with Crippen molar-refractivity contribution < 1.29 is 5.11 Å². The van der Waals surface area contributed by atoms with E-state index in [1.165, 1.54) is 0 Å². The van der Waals surface area contributed by atoms with Gasteiger partial charge in [-0.3, -0.25) is 4.68 Å². The highest BCUT2D eigenvalue weighted by Crippen LogP contribution is 2.21. The minimum Gasteiger partial charge on any atom is -0.394 e. The number of hydrogen-bond donors (Lipinski definition) is 2. The number of aromatic nitrogens is 2. The average molecular weight is 212 g/mol. The number of nitrogen functional groups attached to an aromatic ring is 1. The number of aliphatic hydroxyl groups is 1. The molecule has 86 valence electrons. The second kappa shape index (κ2) is 4.10. The summed E-state index contributed by atoms with van der Waals surface area (Å²) in [6, 6.07) is 0. The first-order chi connectivity index (χ1) is 6.83. The predicted molar refractivity (Wildman–Crippen MR) is 61.8 cm³/mol. The van der Waals surface area contributed by atoms with Crippen LogP contribution in [0.25, 0.3) is 0 Å². The van der Waals surface area contributed by atoms with Crippen LogP contribution in [0.15, 0.2) is 6.20 Å². The van der Waals surface area contributed by atoms with Crippen LogP contribution in [-0.2, 0) is 7.05 Å². The van der Waals surface area contributed by atoms with E-state index in [0.717, 1.165) is 12.4 Å². The molecule has 0 amide bonds. The smallest absolute Gasteiger partial charge is 0.173 e. The third kappa shape index (κ3) is 3.13. The fraction of sp³-hybridized carbons (Fsp3) is 0.700. The molecule has 1 aromatic rings. The number of hydrogen-bond acceptors (Lipinski definition) is 4. The van der Waals surface area contributed by atoms with Crippen molar-refractivity contribution in [2.45, 2.75) is 26.4 Å². The summed E-state index contributed by atoms with van der Waals surface area (Å²) in [4.78, 5) is 1.97. The summed E-state index contributed by atoms with van der Waals surface area (Å²) in [5, 5.41) is 14.0. The number of rotatable bonds is 4. The molecule has 1 rings (SSSR count). The van der Waals surface area contributed by atoms with Gasteiger partial charge in [-0.2, -0.15) is 5.10 Å². The Hall–Kier alpha value is -1.23. The molecule has 0 radical (unpaired) electrons. The molecule has 0 fully saturated rings. The van der Waals surface area contributed by atoms with Crippen molar-refractivity contribution in [3.8, 4) is 0 Å². The summed E-state index contributed by atoms with van der Waals surface area (Å²) in [7, 11) is 1.83. The Morgan fingerprint density at radius 1 is 1.60 bits per heavy atom. The van der Waals surface area contributed by atoms with Crippen molar-refractivity contribution in [1.82, 2.24) is 9.78 Å². The largest absolute Gasteiger partial charge is 0.394 e. The van der Waals surface area contributed by atoms with Gasteiger partial charge in [-0.25, -0.2) is 0 Å². The van der Waals surface area contributed by atoms with Crippen LogP contribution < -0.4 is 10.6 Å².